The topological polar surface area (TPSA) is 61.1 Å². The van der Waals surface area contributed by atoms with Gasteiger partial charge in [-0.2, -0.15) is 0 Å². The van der Waals surface area contributed by atoms with E-state index < -0.39 is 0 Å². The summed E-state index contributed by atoms with van der Waals surface area (Å²) < 4.78 is 4.72. The van der Waals surface area contributed by atoms with E-state index in [0.29, 0.717) is 6.04 Å². The molecule has 174 valence electrons. The predicted molar refractivity (Wildman–Crippen MR) is 136 cm³/mol. The molecule has 1 aliphatic carbocycles. The average molecular weight is 454 g/mol. The number of benzene rings is 2. The molecule has 2 aromatic heterocycles. The molecule has 1 unspecified atom stereocenters. The zero-order valence-corrected chi connectivity index (χ0v) is 19.8. The number of carbonyl (C=O) groups excluding carboxylic acids is 1. The first-order valence-electron chi connectivity index (χ1n) is 11.9. The minimum Gasteiger partial charge on any atom is -0.466 e. The number of fused-ring (bicyclic) bond motifs is 2. The smallest absolute Gasteiger partial charge is 0.330 e. The summed E-state index contributed by atoms with van der Waals surface area (Å²) in [6.07, 6.45) is 10.6. The van der Waals surface area contributed by atoms with Crippen molar-refractivity contribution < 1.29 is 9.53 Å². The lowest BCUT2D eigenvalue weighted by Gasteiger charge is -2.29. The van der Waals surface area contributed by atoms with E-state index in [1.54, 1.807) is 0 Å². The number of nitrogens with zero attached hydrogens (tertiary/aromatic N) is 1. The number of hydrogen-bond donors (Lipinski definition) is 2. The van der Waals surface area contributed by atoms with E-state index in [9.17, 15) is 4.79 Å². The summed E-state index contributed by atoms with van der Waals surface area (Å²) in [5.74, 6) is -0.331. The Morgan fingerprint density at radius 3 is 2.91 bits per heavy atom. The molecule has 2 N–H and O–H groups in total. The van der Waals surface area contributed by atoms with Gasteiger partial charge < -0.3 is 14.7 Å². The number of aromatic nitrogens is 2. The number of rotatable bonds is 8. The third-order valence-electron chi connectivity index (χ3n) is 6.89. The molecule has 5 heteroatoms. The molecule has 0 aliphatic heterocycles. The van der Waals surface area contributed by atoms with E-state index in [1.807, 2.05) is 12.3 Å². The van der Waals surface area contributed by atoms with E-state index in [0.717, 1.165) is 37.9 Å². The fraction of sp³-hybridized carbons (Fsp3) is 0.276. The van der Waals surface area contributed by atoms with Crippen LogP contribution >= 0.6 is 0 Å². The van der Waals surface area contributed by atoms with E-state index in [1.165, 1.54) is 52.0 Å². The quantitative estimate of drug-likeness (QED) is 0.265. The fourth-order valence-electron chi connectivity index (χ4n) is 5.13. The SMILES string of the molecule is COC(=O)C=Cc1ccc2c(c1)CCC2N(CCc1c[nH]c2cc(C)ccc12)Cc1ccc[nH]1. The molecule has 2 heterocycles. The van der Waals surface area contributed by atoms with Gasteiger partial charge in [0.25, 0.3) is 0 Å². The minimum atomic E-state index is -0.331. The lowest BCUT2D eigenvalue weighted by molar-refractivity contribution is -0.134. The van der Waals surface area contributed by atoms with Crippen molar-refractivity contribution in [2.75, 3.05) is 13.7 Å². The number of esters is 1. The zero-order valence-electron chi connectivity index (χ0n) is 19.8. The highest BCUT2D eigenvalue weighted by molar-refractivity contribution is 5.87. The highest BCUT2D eigenvalue weighted by Crippen LogP contribution is 2.37. The monoisotopic (exact) mass is 453 g/mol. The van der Waals surface area contributed by atoms with Crippen LogP contribution in [-0.4, -0.2) is 34.5 Å². The molecule has 0 saturated carbocycles. The van der Waals surface area contributed by atoms with Gasteiger partial charge in [0.05, 0.1) is 7.11 Å². The summed E-state index contributed by atoms with van der Waals surface area (Å²) in [5, 5.41) is 1.32. The van der Waals surface area contributed by atoms with Crippen molar-refractivity contribution in [3.8, 4) is 0 Å². The maximum absolute atomic E-state index is 11.5. The Morgan fingerprint density at radius 1 is 1.18 bits per heavy atom. The van der Waals surface area contributed by atoms with E-state index in [2.05, 4.69) is 76.5 Å². The van der Waals surface area contributed by atoms with E-state index >= 15 is 0 Å². The summed E-state index contributed by atoms with van der Waals surface area (Å²) in [5.41, 5.74) is 8.90. The number of ether oxygens (including phenoxy) is 1. The van der Waals surface area contributed by atoms with Gasteiger partial charge in [-0.15, -0.1) is 0 Å². The van der Waals surface area contributed by atoms with Crippen LogP contribution in [0.1, 0.15) is 46.0 Å². The van der Waals surface area contributed by atoms with Crippen LogP contribution in [0.15, 0.2) is 67.0 Å². The van der Waals surface area contributed by atoms with Crippen molar-refractivity contribution >= 4 is 22.9 Å². The second-order valence-electron chi connectivity index (χ2n) is 9.15. The molecular formula is C29H31N3O2. The number of hydrogen-bond acceptors (Lipinski definition) is 3. The van der Waals surface area contributed by atoms with E-state index in [-0.39, 0.29) is 5.97 Å². The number of nitrogens with one attached hydrogen (secondary N) is 2. The Balaban J connectivity index is 1.37. The predicted octanol–water partition coefficient (Wildman–Crippen LogP) is 5.72. The van der Waals surface area contributed by atoms with Crippen LogP contribution in [0.25, 0.3) is 17.0 Å². The molecule has 0 fully saturated rings. The van der Waals surface area contributed by atoms with Crippen molar-refractivity contribution in [1.82, 2.24) is 14.9 Å². The second kappa shape index (κ2) is 9.74. The normalized spacial score (nSPS) is 15.4. The first-order chi connectivity index (χ1) is 16.6. The second-order valence-corrected chi connectivity index (χ2v) is 9.15. The molecule has 1 aliphatic rings. The van der Waals surface area contributed by atoms with Crippen molar-refractivity contribution in [1.29, 1.82) is 0 Å². The van der Waals surface area contributed by atoms with Crippen LogP contribution < -0.4 is 0 Å². The van der Waals surface area contributed by atoms with Gasteiger partial charge in [-0.25, -0.2) is 4.79 Å². The Hall–Kier alpha value is -3.57. The fourth-order valence-corrected chi connectivity index (χ4v) is 5.13. The van der Waals surface area contributed by atoms with Gasteiger partial charge in [0.1, 0.15) is 0 Å². The van der Waals surface area contributed by atoms with Crippen molar-refractivity contribution in [3.63, 3.8) is 0 Å². The number of H-pyrrole nitrogens is 2. The van der Waals surface area contributed by atoms with Crippen LogP contribution in [0.4, 0.5) is 0 Å². The summed E-state index contributed by atoms with van der Waals surface area (Å²) in [6, 6.07) is 17.8. The van der Waals surface area contributed by atoms with Gasteiger partial charge in [0.15, 0.2) is 0 Å². The molecule has 2 aromatic carbocycles. The summed E-state index contributed by atoms with van der Waals surface area (Å²) in [4.78, 5) is 20.9. The number of methoxy groups -OCH3 is 1. The summed E-state index contributed by atoms with van der Waals surface area (Å²) >= 11 is 0. The number of aromatic amines is 2. The highest BCUT2D eigenvalue weighted by atomic mass is 16.5. The van der Waals surface area contributed by atoms with Gasteiger partial charge in [-0.05, 0) is 78.3 Å². The maximum Gasteiger partial charge on any atom is 0.330 e. The zero-order chi connectivity index (χ0) is 23.5. The largest absolute Gasteiger partial charge is 0.466 e. The molecule has 0 saturated heterocycles. The Morgan fingerprint density at radius 2 is 2.09 bits per heavy atom. The summed E-state index contributed by atoms with van der Waals surface area (Å²) in [7, 11) is 1.40. The van der Waals surface area contributed by atoms with Gasteiger partial charge in [0, 0.05) is 54.2 Å². The van der Waals surface area contributed by atoms with Gasteiger partial charge in [0.2, 0.25) is 0 Å². The van der Waals surface area contributed by atoms with Crippen LogP contribution in [-0.2, 0) is 28.9 Å². The number of carbonyl (C=O) groups is 1. The van der Waals surface area contributed by atoms with Crippen LogP contribution in [0, 0.1) is 6.92 Å². The van der Waals surface area contributed by atoms with Crippen molar-refractivity contribution in [3.05, 3.63) is 101 Å². The van der Waals surface area contributed by atoms with Crippen LogP contribution in [0.3, 0.4) is 0 Å². The first-order valence-corrected chi connectivity index (χ1v) is 11.9. The van der Waals surface area contributed by atoms with Gasteiger partial charge >= 0.3 is 5.97 Å². The maximum atomic E-state index is 11.5. The third kappa shape index (κ3) is 4.70. The molecule has 34 heavy (non-hydrogen) atoms. The van der Waals surface area contributed by atoms with Crippen LogP contribution in [0.5, 0.6) is 0 Å². The average Bonchev–Trinajstić information content (AvgIpc) is 3.59. The lowest BCUT2D eigenvalue weighted by atomic mass is 10.0. The minimum absolute atomic E-state index is 0.331. The molecule has 0 radical (unpaired) electrons. The molecule has 0 spiro atoms. The van der Waals surface area contributed by atoms with Gasteiger partial charge in [-0.3, -0.25) is 4.90 Å². The first kappa shape index (κ1) is 22.2. The molecule has 0 amide bonds. The van der Waals surface area contributed by atoms with Gasteiger partial charge in [-0.1, -0.05) is 30.3 Å². The van der Waals surface area contributed by atoms with Crippen molar-refractivity contribution in [2.24, 2.45) is 0 Å². The molecule has 1 atom stereocenters. The molecule has 0 bridgehead atoms. The summed E-state index contributed by atoms with van der Waals surface area (Å²) in [6.45, 7) is 4.00. The lowest BCUT2D eigenvalue weighted by Crippen LogP contribution is -2.29. The molecule has 4 aromatic rings. The third-order valence-corrected chi connectivity index (χ3v) is 6.89. The standard InChI is InChI=1S/C29H31N3O2/c1-20-5-9-25-23(18-31-27(25)16-20)13-15-32(19-24-4-3-14-30-24)28-11-8-22-17-21(6-10-26(22)28)7-12-29(33)34-2/h3-7,9-10,12,14,16-18,28,30-31H,8,11,13,15,19H2,1-2H3. The Labute approximate surface area is 200 Å². The Bertz CT molecular complexity index is 1320. The van der Waals surface area contributed by atoms with E-state index in [4.69, 9.17) is 4.74 Å². The Kier molecular flexibility index (Phi) is 6.37. The molecular weight excluding hydrogens is 422 g/mol. The molecule has 5 rings (SSSR count). The highest BCUT2D eigenvalue weighted by Gasteiger charge is 2.28. The van der Waals surface area contributed by atoms with Crippen molar-refractivity contribution in [2.45, 2.75) is 38.8 Å². The molecule has 5 nitrogen and oxygen atoms in total. The number of aryl methyl sites for hydroxylation is 2. The van der Waals surface area contributed by atoms with Crippen LogP contribution in [0.2, 0.25) is 0 Å².